The van der Waals surface area contributed by atoms with Gasteiger partial charge in [0.25, 0.3) is 0 Å². The second-order valence-electron chi connectivity index (χ2n) is 7.29. The Labute approximate surface area is 157 Å². The smallest absolute Gasteiger partial charge is 0.317 e. The summed E-state index contributed by atoms with van der Waals surface area (Å²) in [6, 6.07) is 10.3. The first kappa shape index (κ1) is 20.4. The number of aliphatic carboxylic acids is 1. The lowest BCUT2D eigenvalue weighted by atomic mass is 9.84. The van der Waals surface area contributed by atoms with Crippen LogP contribution >= 0.6 is 0 Å². The van der Waals surface area contributed by atoms with E-state index >= 15 is 0 Å². The quantitative estimate of drug-likeness (QED) is 0.773. The molecule has 1 aliphatic heterocycles. The van der Waals surface area contributed by atoms with Crippen LogP contribution in [-0.4, -0.2) is 59.0 Å². The first-order valence-electron chi connectivity index (χ1n) is 9.77. The van der Waals surface area contributed by atoms with Crippen LogP contribution < -0.4 is 0 Å². The number of nitrogens with zero attached hydrogens (tertiary/aromatic N) is 2. The van der Waals surface area contributed by atoms with E-state index in [4.69, 9.17) is 5.11 Å². The molecule has 5 heteroatoms. The molecule has 5 nitrogen and oxygen atoms in total. The summed E-state index contributed by atoms with van der Waals surface area (Å²) in [7, 11) is 0. The zero-order valence-corrected chi connectivity index (χ0v) is 16.2. The summed E-state index contributed by atoms with van der Waals surface area (Å²) >= 11 is 0. The van der Waals surface area contributed by atoms with Crippen molar-refractivity contribution in [2.45, 2.75) is 52.0 Å². The van der Waals surface area contributed by atoms with Gasteiger partial charge < -0.3 is 10.0 Å². The fourth-order valence-electron chi connectivity index (χ4n) is 3.93. The van der Waals surface area contributed by atoms with Crippen LogP contribution in [0.5, 0.6) is 0 Å². The van der Waals surface area contributed by atoms with Crippen molar-refractivity contribution in [1.82, 2.24) is 9.80 Å². The second kappa shape index (κ2) is 9.72. The van der Waals surface area contributed by atoms with Crippen LogP contribution in [0.15, 0.2) is 30.3 Å². The van der Waals surface area contributed by atoms with Gasteiger partial charge in [0.05, 0.1) is 12.5 Å². The molecule has 0 bridgehead atoms. The van der Waals surface area contributed by atoms with Gasteiger partial charge in [0.1, 0.15) is 0 Å². The van der Waals surface area contributed by atoms with E-state index in [-0.39, 0.29) is 24.4 Å². The molecule has 1 N–H and O–H groups in total. The molecular weight excluding hydrogens is 328 g/mol. The second-order valence-corrected chi connectivity index (χ2v) is 7.29. The fraction of sp³-hybridized carbons (Fsp3) is 0.619. The van der Waals surface area contributed by atoms with Gasteiger partial charge in [-0.1, -0.05) is 57.5 Å². The lowest BCUT2D eigenvalue weighted by Crippen LogP contribution is -2.49. The van der Waals surface area contributed by atoms with Crippen molar-refractivity contribution in [3.8, 4) is 0 Å². The maximum atomic E-state index is 13.2. The Morgan fingerprint density at radius 2 is 1.81 bits per heavy atom. The molecular formula is C21H32N2O3. The van der Waals surface area contributed by atoms with Crippen molar-refractivity contribution >= 4 is 11.9 Å². The van der Waals surface area contributed by atoms with Gasteiger partial charge >= 0.3 is 5.97 Å². The van der Waals surface area contributed by atoms with Gasteiger partial charge in [0.2, 0.25) is 5.91 Å². The molecule has 2 atom stereocenters. The molecule has 2 unspecified atom stereocenters. The van der Waals surface area contributed by atoms with Gasteiger partial charge in [0, 0.05) is 19.1 Å². The third kappa shape index (κ3) is 5.07. The number of carboxylic acids is 1. The number of hydrogen-bond donors (Lipinski definition) is 1. The van der Waals surface area contributed by atoms with Crippen LogP contribution in [-0.2, 0) is 9.59 Å². The highest BCUT2D eigenvalue weighted by Crippen LogP contribution is 2.30. The van der Waals surface area contributed by atoms with E-state index in [0.717, 1.165) is 31.4 Å². The number of carbonyl (C=O) groups excluding carboxylic acids is 1. The van der Waals surface area contributed by atoms with Crippen molar-refractivity contribution in [1.29, 1.82) is 0 Å². The van der Waals surface area contributed by atoms with Gasteiger partial charge in [-0.2, -0.15) is 0 Å². The lowest BCUT2D eigenvalue weighted by molar-refractivity contribution is -0.140. The number of rotatable bonds is 8. The number of benzene rings is 1. The average molecular weight is 360 g/mol. The summed E-state index contributed by atoms with van der Waals surface area (Å²) in [4.78, 5) is 28.3. The van der Waals surface area contributed by atoms with Crippen LogP contribution in [0.25, 0.3) is 0 Å². The first-order valence-corrected chi connectivity index (χ1v) is 9.77. The number of carbonyl (C=O) groups is 2. The van der Waals surface area contributed by atoms with Crippen LogP contribution in [0.2, 0.25) is 0 Å². The Morgan fingerprint density at radius 1 is 1.19 bits per heavy atom. The molecule has 0 radical (unpaired) electrons. The lowest BCUT2D eigenvalue weighted by Gasteiger charge is -2.39. The van der Waals surface area contributed by atoms with Crippen LogP contribution in [0.3, 0.4) is 0 Å². The van der Waals surface area contributed by atoms with E-state index in [2.05, 4.69) is 13.8 Å². The molecule has 2 rings (SSSR count). The van der Waals surface area contributed by atoms with Gasteiger partial charge in [-0.05, 0) is 30.9 Å². The molecule has 1 saturated heterocycles. The van der Waals surface area contributed by atoms with Gasteiger partial charge in [-0.3, -0.25) is 14.5 Å². The maximum Gasteiger partial charge on any atom is 0.317 e. The highest BCUT2D eigenvalue weighted by Gasteiger charge is 2.33. The van der Waals surface area contributed by atoms with Crippen molar-refractivity contribution in [3.05, 3.63) is 35.9 Å². The Morgan fingerprint density at radius 3 is 2.31 bits per heavy atom. The molecule has 0 aromatic heterocycles. The monoisotopic (exact) mass is 360 g/mol. The van der Waals surface area contributed by atoms with E-state index in [0.29, 0.717) is 19.0 Å². The van der Waals surface area contributed by atoms with Crippen LogP contribution in [0, 0.1) is 5.92 Å². The number of amides is 1. The zero-order valence-electron chi connectivity index (χ0n) is 16.2. The summed E-state index contributed by atoms with van der Waals surface area (Å²) in [5, 5.41) is 9.07. The highest BCUT2D eigenvalue weighted by molar-refractivity contribution is 5.84. The number of piperidine rings is 1. The highest BCUT2D eigenvalue weighted by atomic mass is 16.4. The number of carboxylic acid groups (broad SMARTS) is 1. The summed E-state index contributed by atoms with van der Waals surface area (Å²) in [5.74, 6) is -0.377. The number of hydrogen-bond acceptors (Lipinski definition) is 3. The van der Waals surface area contributed by atoms with E-state index < -0.39 is 5.97 Å². The zero-order chi connectivity index (χ0) is 19.1. The van der Waals surface area contributed by atoms with E-state index in [1.165, 1.54) is 0 Å². The topological polar surface area (TPSA) is 60.9 Å². The molecule has 1 amide bonds. The molecule has 1 heterocycles. The molecule has 0 saturated carbocycles. The molecule has 1 aromatic rings. The van der Waals surface area contributed by atoms with Crippen molar-refractivity contribution in [2.75, 3.05) is 26.2 Å². The van der Waals surface area contributed by atoms with Crippen molar-refractivity contribution < 1.29 is 14.7 Å². The molecule has 0 aliphatic carbocycles. The van der Waals surface area contributed by atoms with Crippen LogP contribution in [0.1, 0.15) is 51.5 Å². The Balaban J connectivity index is 2.04. The minimum absolute atomic E-state index is 0.0780. The predicted molar refractivity (Wildman–Crippen MR) is 103 cm³/mol. The minimum Gasteiger partial charge on any atom is -0.480 e. The van der Waals surface area contributed by atoms with Crippen LogP contribution in [0.4, 0.5) is 0 Å². The summed E-state index contributed by atoms with van der Waals surface area (Å²) in [6.07, 6.45) is 2.65. The van der Waals surface area contributed by atoms with E-state index in [9.17, 15) is 9.59 Å². The normalized spacial score (nSPS) is 17.9. The summed E-state index contributed by atoms with van der Waals surface area (Å²) in [5.41, 5.74) is 1.09. The standard InChI is InChI=1S/C21H32N2O3/c1-4-16(3)20(17-9-7-6-8-10-17)21(26)23-13-11-18(12-14-23)22(5-2)15-19(24)25/h6-10,16,18,20H,4-5,11-15H2,1-3H3,(H,24,25). The van der Waals surface area contributed by atoms with E-state index in [1.807, 2.05) is 47.1 Å². The largest absolute Gasteiger partial charge is 0.480 e. The number of likely N-dealkylation sites (N-methyl/N-ethyl adjacent to an activating group) is 1. The molecule has 1 aliphatic rings. The number of likely N-dealkylation sites (tertiary alicyclic amines) is 1. The molecule has 0 spiro atoms. The molecule has 26 heavy (non-hydrogen) atoms. The van der Waals surface area contributed by atoms with Crippen molar-refractivity contribution in [2.24, 2.45) is 5.92 Å². The van der Waals surface area contributed by atoms with Crippen molar-refractivity contribution in [3.63, 3.8) is 0 Å². The third-order valence-electron chi connectivity index (χ3n) is 5.67. The molecule has 1 fully saturated rings. The van der Waals surface area contributed by atoms with E-state index in [1.54, 1.807) is 0 Å². The third-order valence-corrected chi connectivity index (χ3v) is 5.67. The average Bonchev–Trinajstić information content (AvgIpc) is 2.66. The Kier molecular flexibility index (Phi) is 7.64. The fourth-order valence-corrected chi connectivity index (χ4v) is 3.93. The Bertz CT molecular complexity index is 582. The minimum atomic E-state index is -0.786. The van der Waals surface area contributed by atoms with Gasteiger partial charge in [-0.25, -0.2) is 0 Å². The maximum absolute atomic E-state index is 13.2. The SMILES string of the molecule is CCC(C)C(C(=O)N1CCC(N(CC)CC(=O)O)CC1)c1ccccc1. The van der Waals surface area contributed by atoms with Gasteiger partial charge in [-0.15, -0.1) is 0 Å². The summed E-state index contributed by atoms with van der Waals surface area (Å²) < 4.78 is 0. The predicted octanol–water partition coefficient (Wildman–Crippen LogP) is 3.21. The summed E-state index contributed by atoms with van der Waals surface area (Å²) in [6.45, 7) is 8.49. The molecule has 1 aromatic carbocycles. The Hall–Kier alpha value is -1.88. The molecule has 144 valence electrons. The first-order chi connectivity index (χ1) is 12.5. The van der Waals surface area contributed by atoms with Gasteiger partial charge in [0.15, 0.2) is 0 Å².